The SMILES string of the molecule is CCN(C(=O)[C@@H](C)SCc1ccc(OC)c(F)c1)c1ccccc1. The quantitative estimate of drug-likeness (QED) is 0.738. The van der Waals surface area contributed by atoms with Crippen LogP contribution in [0.1, 0.15) is 19.4 Å². The fourth-order valence-electron chi connectivity index (χ4n) is 2.39. The molecule has 128 valence electrons. The highest BCUT2D eigenvalue weighted by Gasteiger charge is 2.21. The van der Waals surface area contributed by atoms with Crippen molar-refractivity contribution in [3.63, 3.8) is 0 Å². The number of carbonyl (C=O) groups excluding carboxylic acids is 1. The lowest BCUT2D eigenvalue weighted by molar-refractivity contribution is -0.117. The Bertz CT molecular complexity index is 678. The number of halogens is 1. The van der Waals surface area contributed by atoms with Crippen LogP contribution in [0.2, 0.25) is 0 Å². The van der Waals surface area contributed by atoms with Gasteiger partial charge in [-0.1, -0.05) is 24.3 Å². The standard InChI is InChI=1S/C19H22FNO2S/c1-4-21(16-8-6-5-7-9-16)19(22)14(2)24-13-15-10-11-18(23-3)17(20)12-15/h5-12,14H,4,13H2,1-3H3/t14-/m1/s1. The minimum absolute atomic E-state index is 0.0580. The van der Waals surface area contributed by atoms with E-state index >= 15 is 0 Å². The van der Waals surface area contributed by atoms with E-state index in [-0.39, 0.29) is 22.7 Å². The maximum absolute atomic E-state index is 13.7. The summed E-state index contributed by atoms with van der Waals surface area (Å²) in [6, 6.07) is 14.5. The van der Waals surface area contributed by atoms with Gasteiger partial charge in [-0.05, 0) is 43.7 Å². The number of hydrogen-bond donors (Lipinski definition) is 0. The van der Waals surface area contributed by atoms with Gasteiger partial charge < -0.3 is 9.64 Å². The molecule has 0 bridgehead atoms. The van der Waals surface area contributed by atoms with E-state index in [1.807, 2.05) is 50.2 Å². The van der Waals surface area contributed by atoms with Crippen molar-refractivity contribution < 1.29 is 13.9 Å². The van der Waals surface area contributed by atoms with Crippen molar-refractivity contribution in [3.05, 3.63) is 59.9 Å². The molecule has 0 aliphatic heterocycles. The van der Waals surface area contributed by atoms with E-state index in [4.69, 9.17) is 4.74 Å². The molecule has 0 spiro atoms. The molecule has 0 unspecified atom stereocenters. The van der Waals surface area contributed by atoms with Gasteiger partial charge in [-0.15, -0.1) is 11.8 Å². The van der Waals surface area contributed by atoms with Gasteiger partial charge in [0, 0.05) is 18.0 Å². The third kappa shape index (κ3) is 4.51. The van der Waals surface area contributed by atoms with Gasteiger partial charge in [0.2, 0.25) is 5.91 Å². The summed E-state index contributed by atoms with van der Waals surface area (Å²) in [5.41, 5.74) is 1.73. The van der Waals surface area contributed by atoms with Gasteiger partial charge in [-0.2, -0.15) is 0 Å². The lowest BCUT2D eigenvalue weighted by atomic mass is 10.2. The number of nitrogens with zero attached hydrogens (tertiary/aromatic N) is 1. The summed E-state index contributed by atoms with van der Waals surface area (Å²) in [4.78, 5) is 14.4. The van der Waals surface area contributed by atoms with Gasteiger partial charge in [0.1, 0.15) is 0 Å². The first-order valence-corrected chi connectivity index (χ1v) is 8.92. The maximum Gasteiger partial charge on any atom is 0.239 e. The highest BCUT2D eigenvalue weighted by atomic mass is 32.2. The number of thioether (sulfide) groups is 1. The van der Waals surface area contributed by atoms with Gasteiger partial charge in [0.15, 0.2) is 11.6 Å². The highest BCUT2D eigenvalue weighted by molar-refractivity contribution is 7.99. The van der Waals surface area contributed by atoms with Crippen LogP contribution in [0.3, 0.4) is 0 Å². The van der Waals surface area contributed by atoms with Crippen molar-refractivity contribution in [3.8, 4) is 5.75 Å². The number of benzene rings is 2. The van der Waals surface area contributed by atoms with Gasteiger partial charge >= 0.3 is 0 Å². The predicted octanol–water partition coefficient (Wildman–Crippen LogP) is 4.51. The second kappa shape index (κ2) is 8.73. The van der Waals surface area contributed by atoms with Crippen LogP contribution in [0.15, 0.2) is 48.5 Å². The van der Waals surface area contributed by atoms with Gasteiger partial charge in [0.05, 0.1) is 12.4 Å². The average Bonchev–Trinajstić information content (AvgIpc) is 2.61. The van der Waals surface area contributed by atoms with E-state index in [1.54, 1.807) is 11.0 Å². The van der Waals surface area contributed by atoms with Crippen LogP contribution in [0.5, 0.6) is 5.75 Å². The molecule has 5 heteroatoms. The summed E-state index contributed by atoms with van der Waals surface area (Å²) >= 11 is 1.50. The van der Waals surface area contributed by atoms with Crippen molar-refractivity contribution in [1.29, 1.82) is 0 Å². The lowest BCUT2D eigenvalue weighted by Crippen LogP contribution is -2.36. The van der Waals surface area contributed by atoms with Gasteiger partial charge in [-0.25, -0.2) is 4.39 Å². The van der Waals surface area contributed by atoms with Crippen LogP contribution in [0, 0.1) is 5.82 Å². The number of methoxy groups -OCH3 is 1. The van der Waals surface area contributed by atoms with Crippen molar-refractivity contribution in [2.45, 2.75) is 24.9 Å². The number of amides is 1. The maximum atomic E-state index is 13.7. The second-order valence-electron chi connectivity index (χ2n) is 5.34. The van der Waals surface area contributed by atoms with Crippen LogP contribution in [-0.2, 0) is 10.5 Å². The highest BCUT2D eigenvalue weighted by Crippen LogP contribution is 2.25. The fraction of sp³-hybridized carbons (Fsp3) is 0.316. The smallest absolute Gasteiger partial charge is 0.239 e. The normalized spacial score (nSPS) is 11.8. The molecule has 24 heavy (non-hydrogen) atoms. The Balaban J connectivity index is 1.99. The molecule has 0 N–H and O–H groups in total. The summed E-state index contributed by atoms with van der Waals surface area (Å²) in [7, 11) is 1.44. The van der Waals surface area contributed by atoms with E-state index in [2.05, 4.69) is 0 Å². The molecule has 0 saturated heterocycles. The third-order valence-electron chi connectivity index (χ3n) is 3.71. The molecular weight excluding hydrogens is 325 g/mol. The first kappa shape index (κ1) is 18.3. The largest absolute Gasteiger partial charge is 0.494 e. The van der Waals surface area contributed by atoms with Crippen LogP contribution in [-0.4, -0.2) is 24.8 Å². The molecule has 2 aromatic rings. The predicted molar refractivity (Wildman–Crippen MR) is 98.2 cm³/mol. The first-order chi connectivity index (χ1) is 11.6. The van der Waals surface area contributed by atoms with Crippen LogP contribution in [0.4, 0.5) is 10.1 Å². The molecule has 1 atom stereocenters. The number of para-hydroxylation sites is 1. The minimum atomic E-state index is -0.381. The molecule has 0 aliphatic rings. The molecule has 0 radical (unpaired) electrons. The Labute approximate surface area is 146 Å². The van der Waals surface area contributed by atoms with Crippen LogP contribution >= 0.6 is 11.8 Å². The number of ether oxygens (including phenoxy) is 1. The lowest BCUT2D eigenvalue weighted by Gasteiger charge is -2.24. The van der Waals surface area contributed by atoms with E-state index in [9.17, 15) is 9.18 Å². The van der Waals surface area contributed by atoms with Crippen molar-refractivity contribution in [2.24, 2.45) is 0 Å². The molecule has 1 amide bonds. The van der Waals surface area contributed by atoms with E-state index in [0.717, 1.165) is 11.3 Å². The fourth-order valence-corrected chi connectivity index (χ4v) is 3.28. The van der Waals surface area contributed by atoms with Gasteiger partial charge in [-0.3, -0.25) is 4.79 Å². The average molecular weight is 347 g/mol. The van der Waals surface area contributed by atoms with Crippen molar-refractivity contribution >= 4 is 23.4 Å². The van der Waals surface area contributed by atoms with E-state index < -0.39 is 0 Å². The number of carbonyl (C=O) groups is 1. The molecule has 2 aromatic carbocycles. The van der Waals surface area contributed by atoms with Crippen LogP contribution < -0.4 is 9.64 Å². The third-order valence-corrected chi connectivity index (χ3v) is 4.92. The summed E-state index contributed by atoms with van der Waals surface area (Å²) in [6.07, 6.45) is 0. The molecule has 3 nitrogen and oxygen atoms in total. The monoisotopic (exact) mass is 347 g/mol. The number of hydrogen-bond acceptors (Lipinski definition) is 3. The molecular formula is C19H22FNO2S. The van der Waals surface area contributed by atoms with Crippen molar-refractivity contribution in [2.75, 3.05) is 18.6 Å². The molecule has 0 heterocycles. The van der Waals surface area contributed by atoms with Crippen molar-refractivity contribution in [1.82, 2.24) is 0 Å². The Kier molecular flexibility index (Phi) is 6.67. The summed E-state index contributed by atoms with van der Waals surface area (Å²) in [6.45, 7) is 4.46. The Hall–Kier alpha value is -2.01. The Morgan fingerprint density at radius 3 is 2.54 bits per heavy atom. The minimum Gasteiger partial charge on any atom is -0.494 e. The van der Waals surface area contributed by atoms with Crippen LogP contribution in [0.25, 0.3) is 0 Å². The number of anilines is 1. The van der Waals surface area contributed by atoms with Gasteiger partial charge in [0.25, 0.3) is 0 Å². The first-order valence-electron chi connectivity index (χ1n) is 7.87. The molecule has 0 saturated carbocycles. The van der Waals surface area contributed by atoms with E-state index in [0.29, 0.717) is 12.3 Å². The summed E-state index contributed by atoms with van der Waals surface area (Å²) in [5, 5.41) is -0.213. The summed E-state index contributed by atoms with van der Waals surface area (Å²) < 4.78 is 18.6. The zero-order chi connectivity index (χ0) is 17.5. The zero-order valence-corrected chi connectivity index (χ0v) is 15.0. The Morgan fingerprint density at radius 1 is 1.25 bits per heavy atom. The molecule has 0 fully saturated rings. The molecule has 2 rings (SSSR count). The number of rotatable bonds is 7. The summed E-state index contributed by atoms with van der Waals surface area (Å²) in [5.74, 6) is 0.478. The topological polar surface area (TPSA) is 29.5 Å². The zero-order valence-electron chi connectivity index (χ0n) is 14.2. The molecule has 0 aliphatic carbocycles. The van der Waals surface area contributed by atoms with E-state index in [1.165, 1.54) is 24.9 Å². The second-order valence-corrected chi connectivity index (χ2v) is 6.67. The molecule has 0 aromatic heterocycles. The Morgan fingerprint density at radius 2 is 1.96 bits per heavy atom.